The molecular formula is C15H24ClFN2. The summed E-state index contributed by atoms with van der Waals surface area (Å²) >= 11 is 6.10. The molecule has 1 atom stereocenters. The minimum atomic E-state index is -0.271. The molecule has 0 aliphatic rings. The fourth-order valence-electron chi connectivity index (χ4n) is 2.46. The van der Waals surface area contributed by atoms with E-state index in [4.69, 9.17) is 17.3 Å². The van der Waals surface area contributed by atoms with Gasteiger partial charge in [-0.15, -0.1) is 0 Å². The highest BCUT2D eigenvalue weighted by atomic mass is 35.5. The van der Waals surface area contributed by atoms with Crippen LogP contribution in [0, 0.1) is 5.82 Å². The van der Waals surface area contributed by atoms with Crippen molar-refractivity contribution >= 4 is 11.6 Å². The summed E-state index contributed by atoms with van der Waals surface area (Å²) < 4.78 is 13.3. The minimum Gasteiger partial charge on any atom is -0.326 e. The highest BCUT2D eigenvalue weighted by molar-refractivity contribution is 6.31. The predicted molar refractivity (Wildman–Crippen MR) is 80.1 cm³/mol. The van der Waals surface area contributed by atoms with E-state index in [1.807, 2.05) is 0 Å². The largest absolute Gasteiger partial charge is 0.326 e. The highest BCUT2D eigenvalue weighted by Gasteiger charge is 2.31. The SMILES string of the molecule is CCN(CC)C(C)(C)C(N)Cc1cc(F)ccc1Cl. The second-order valence-electron chi connectivity index (χ2n) is 5.37. The Hall–Kier alpha value is -0.640. The molecule has 4 heteroatoms. The van der Waals surface area contributed by atoms with Crippen molar-refractivity contribution < 1.29 is 4.39 Å². The lowest BCUT2D eigenvalue weighted by molar-refractivity contribution is 0.106. The van der Waals surface area contributed by atoms with Crippen molar-refractivity contribution in [2.45, 2.75) is 45.7 Å². The third-order valence-electron chi connectivity index (χ3n) is 3.93. The average Bonchev–Trinajstić information content (AvgIpc) is 2.35. The van der Waals surface area contributed by atoms with Gasteiger partial charge in [-0.1, -0.05) is 25.4 Å². The van der Waals surface area contributed by atoms with Crippen LogP contribution in [0.15, 0.2) is 18.2 Å². The van der Waals surface area contributed by atoms with E-state index in [2.05, 4.69) is 32.6 Å². The molecule has 0 saturated carbocycles. The molecular weight excluding hydrogens is 263 g/mol. The fraction of sp³-hybridized carbons (Fsp3) is 0.600. The standard InChI is InChI=1S/C15H24ClFN2/c1-5-19(6-2)15(3,4)14(18)10-11-9-12(17)7-8-13(11)16/h7-9,14H,5-6,10,18H2,1-4H3. The molecule has 0 spiro atoms. The van der Waals surface area contributed by atoms with E-state index >= 15 is 0 Å². The molecule has 1 unspecified atom stereocenters. The molecule has 0 aromatic heterocycles. The molecule has 0 radical (unpaired) electrons. The summed E-state index contributed by atoms with van der Waals surface area (Å²) in [5.41, 5.74) is 6.95. The van der Waals surface area contributed by atoms with Gasteiger partial charge in [-0.25, -0.2) is 4.39 Å². The highest BCUT2D eigenvalue weighted by Crippen LogP contribution is 2.24. The third kappa shape index (κ3) is 3.91. The average molecular weight is 287 g/mol. The smallest absolute Gasteiger partial charge is 0.123 e. The monoisotopic (exact) mass is 286 g/mol. The molecule has 0 saturated heterocycles. The summed E-state index contributed by atoms with van der Waals surface area (Å²) in [6.45, 7) is 10.4. The lowest BCUT2D eigenvalue weighted by Gasteiger charge is -2.42. The van der Waals surface area contributed by atoms with Crippen molar-refractivity contribution in [1.82, 2.24) is 4.90 Å². The first-order valence-electron chi connectivity index (χ1n) is 6.77. The molecule has 0 amide bonds. The zero-order valence-electron chi connectivity index (χ0n) is 12.2. The number of likely N-dealkylation sites (N-methyl/N-ethyl adjacent to an activating group) is 1. The maximum atomic E-state index is 13.3. The van der Waals surface area contributed by atoms with Gasteiger partial charge in [-0.3, -0.25) is 4.90 Å². The molecule has 108 valence electrons. The zero-order valence-corrected chi connectivity index (χ0v) is 13.0. The van der Waals surface area contributed by atoms with Gasteiger partial charge in [-0.05, 0) is 57.1 Å². The van der Waals surface area contributed by atoms with Crippen LogP contribution in [0.5, 0.6) is 0 Å². The van der Waals surface area contributed by atoms with Crippen LogP contribution in [-0.2, 0) is 6.42 Å². The molecule has 19 heavy (non-hydrogen) atoms. The molecule has 2 nitrogen and oxygen atoms in total. The Labute approximate surface area is 120 Å². The van der Waals surface area contributed by atoms with Crippen LogP contribution in [0.25, 0.3) is 0 Å². The number of nitrogens with two attached hydrogens (primary N) is 1. The van der Waals surface area contributed by atoms with Crippen LogP contribution < -0.4 is 5.73 Å². The van der Waals surface area contributed by atoms with Crippen LogP contribution in [0.3, 0.4) is 0 Å². The van der Waals surface area contributed by atoms with Crippen molar-refractivity contribution in [3.8, 4) is 0 Å². The van der Waals surface area contributed by atoms with Crippen LogP contribution in [0.4, 0.5) is 4.39 Å². The molecule has 2 N–H and O–H groups in total. The normalized spacial score (nSPS) is 13.9. The van der Waals surface area contributed by atoms with Gasteiger partial charge in [0.25, 0.3) is 0 Å². The quantitative estimate of drug-likeness (QED) is 0.868. The first-order chi connectivity index (χ1) is 8.82. The molecule has 0 aliphatic heterocycles. The molecule has 0 bridgehead atoms. The topological polar surface area (TPSA) is 29.3 Å². The van der Waals surface area contributed by atoms with Gasteiger partial charge in [-0.2, -0.15) is 0 Å². The summed E-state index contributed by atoms with van der Waals surface area (Å²) in [6, 6.07) is 4.32. The Bertz CT molecular complexity index is 417. The number of hydrogen-bond acceptors (Lipinski definition) is 2. The Morgan fingerprint density at radius 3 is 2.42 bits per heavy atom. The van der Waals surface area contributed by atoms with Crippen LogP contribution in [0.2, 0.25) is 5.02 Å². The fourth-order valence-corrected chi connectivity index (χ4v) is 2.65. The molecule has 1 rings (SSSR count). The molecule has 0 heterocycles. The van der Waals surface area contributed by atoms with Crippen LogP contribution >= 0.6 is 11.6 Å². The van der Waals surface area contributed by atoms with Crippen molar-refractivity contribution in [1.29, 1.82) is 0 Å². The van der Waals surface area contributed by atoms with Gasteiger partial charge in [0.15, 0.2) is 0 Å². The summed E-state index contributed by atoms with van der Waals surface area (Å²) in [6.07, 6.45) is 0.570. The van der Waals surface area contributed by atoms with Gasteiger partial charge >= 0.3 is 0 Å². The Kier molecular flexibility index (Phi) is 5.78. The van der Waals surface area contributed by atoms with Crippen LogP contribution in [0.1, 0.15) is 33.3 Å². The van der Waals surface area contributed by atoms with Crippen molar-refractivity contribution in [3.05, 3.63) is 34.6 Å². The van der Waals surface area contributed by atoms with E-state index in [1.54, 1.807) is 6.07 Å². The van der Waals surface area contributed by atoms with Gasteiger partial charge < -0.3 is 5.73 Å². The number of halogens is 2. The third-order valence-corrected chi connectivity index (χ3v) is 4.30. The lowest BCUT2D eigenvalue weighted by Crippen LogP contribution is -2.56. The number of nitrogens with zero attached hydrogens (tertiary/aromatic N) is 1. The summed E-state index contributed by atoms with van der Waals surface area (Å²) in [5.74, 6) is -0.271. The molecule has 0 fully saturated rings. The zero-order chi connectivity index (χ0) is 14.6. The Morgan fingerprint density at radius 2 is 1.89 bits per heavy atom. The first-order valence-corrected chi connectivity index (χ1v) is 7.15. The summed E-state index contributed by atoms with van der Waals surface area (Å²) in [5, 5.41) is 0.576. The van der Waals surface area contributed by atoms with Gasteiger partial charge in [0.05, 0.1) is 0 Å². The van der Waals surface area contributed by atoms with E-state index < -0.39 is 0 Å². The second-order valence-corrected chi connectivity index (χ2v) is 5.78. The predicted octanol–water partition coefficient (Wildman–Crippen LogP) is 3.47. The van der Waals surface area contributed by atoms with E-state index in [0.717, 1.165) is 18.7 Å². The Balaban J connectivity index is 2.89. The van der Waals surface area contributed by atoms with Crippen molar-refractivity contribution in [3.63, 3.8) is 0 Å². The van der Waals surface area contributed by atoms with E-state index in [9.17, 15) is 4.39 Å². The molecule has 1 aromatic rings. The van der Waals surface area contributed by atoms with E-state index in [-0.39, 0.29) is 17.4 Å². The maximum absolute atomic E-state index is 13.3. The second kappa shape index (κ2) is 6.69. The first kappa shape index (κ1) is 16.4. The van der Waals surface area contributed by atoms with Crippen molar-refractivity contribution in [2.75, 3.05) is 13.1 Å². The van der Waals surface area contributed by atoms with E-state index in [1.165, 1.54) is 12.1 Å². The Morgan fingerprint density at radius 1 is 1.32 bits per heavy atom. The molecule has 1 aromatic carbocycles. The maximum Gasteiger partial charge on any atom is 0.123 e. The number of benzene rings is 1. The van der Waals surface area contributed by atoms with Crippen molar-refractivity contribution in [2.24, 2.45) is 5.73 Å². The van der Waals surface area contributed by atoms with Crippen LogP contribution in [-0.4, -0.2) is 29.6 Å². The number of rotatable bonds is 6. The van der Waals surface area contributed by atoms with E-state index in [0.29, 0.717) is 11.4 Å². The lowest BCUT2D eigenvalue weighted by atomic mass is 9.88. The summed E-state index contributed by atoms with van der Waals surface area (Å²) in [7, 11) is 0. The number of hydrogen-bond donors (Lipinski definition) is 1. The van der Waals surface area contributed by atoms with Gasteiger partial charge in [0.2, 0.25) is 0 Å². The molecule has 0 aliphatic carbocycles. The van der Waals surface area contributed by atoms with Gasteiger partial charge in [0, 0.05) is 16.6 Å². The summed E-state index contributed by atoms with van der Waals surface area (Å²) in [4.78, 5) is 2.31. The van der Waals surface area contributed by atoms with Gasteiger partial charge in [0.1, 0.15) is 5.82 Å². The minimum absolute atomic E-state index is 0.105.